The van der Waals surface area contributed by atoms with Gasteiger partial charge in [-0.1, -0.05) is 38.8 Å². The number of allylic oxidation sites excluding steroid dienone is 16. The van der Waals surface area contributed by atoms with E-state index in [-0.39, 0.29) is 51.0 Å². The molecule has 25 heavy (non-hydrogen) atoms. The van der Waals surface area contributed by atoms with Gasteiger partial charge in [0.1, 0.15) is 0 Å². The minimum atomic E-state index is 0. The molecule has 0 nitrogen and oxygen atoms in total. The maximum Gasteiger partial charge on any atom is 4.00 e. The zero-order valence-corrected chi connectivity index (χ0v) is 18.7. The molecule has 0 fully saturated rings. The fourth-order valence-corrected chi connectivity index (χ4v) is 3.05. The van der Waals surface area contributed by atoms with E-state index < -0.39 is 0 Å². The molecule has 0 saturated heterocycles. The van der Waals surface area contributed by atoms with Crippen LogP contribution in [0.25, 0.3) is 0 Å². The average Bonchev–Trinajstić information content (AvgIpc) is 2.83. The first-order chi connectivity index (χ1) is 10.7. The van der Waals surface area contributed by atoms with Crippen LogP contribution in [0.3, 0.4) is 0 Å². The van der Waals surface area contributed by atoms with Crippen LogP contribution in [-0.2, 0) is 26.2 Å². The Labute approximate surface area is 183 Å². The van der Waals surface area contributed by atoms with Crippen molar-refractivity contribution in [2.24, 2.45) is 0 Å². The zero-order chi connectivity index (χ0) is 15.4. The zero-order valence-electron chi connectivity index (χ0n) is 14.7. The third kappa shape index (κ3) is 6.89. The molecule has 0 aromatic carbocycles. The van der Waals surface area contributed by atoms with Crippen LogP contribution in [0, 0.1) is 12.2 Å². The van der Waals surface area contributed by atoms with Gasteiger partial charge in [0.2, 0.25) is 0 Å². The minimum absolute atomic E-state index is 0. The van der Waals surface area contributed by atoms with E-state index in [1.807, 2.05) is 0 Å². The largest absolute Gasteiger partial charge is 4.00 e. The summed E-state index contributed by atoms with van der Waals surface area (Å²) in [5, 5.41) is 0. The standard InChI is InChI=1S/2C11H11.2ClH.Zr/c2*1-9-7-10-5-3-2-4-6-11(10)8-9;;;/h2*2-3,5,8H,4,6H2,1H3;2*1H;/q2*-1;;;+4/p-2. The summed E-state index contributed by atoms with van der Waals surface area (Å²) in [6.45, 7) is 4.21. The molecule has 4 aliphatic rings. The summed E-state index contributed by atoms with van der Waals surface area (Å²) < 4.78 is 0. The van der Waals surface area contributed by atoms with Gasteiger partial charge < -0.3 is 24.8 Å². The Morgan fingerprint density at radius 3 is 1.52 bits per heavy atom. The number of rotatable bonds is 0. The van der Waals surface area contributed by atoms with Crippen molar-refractivity contribution in [3.63, 3.8) is 0 Å². The summed E-state index contributed by atoms with van der Waals surface area (Å²) in [7, 11) is 0. The maximum absolute atomic E-state index is 3.33. The Morgan fingerprint density at radius 2 is 1.12 bits per heavy atom. The first kappa shape index (κ1) is 24.4. The molecule has 0 aromatic rings. The molecular weight excluding hydrogens is 426 g/mol. The van der Waals surface area contributed by atoms with Crippen LogP contribution in [0.4, 0.5) is 0 Å². The van der Waals surface area contributed by atoms with Gasteiger partial charge in [0.05, 0.1) is 0 Å². The Balaban J connectivity index is 0.000000411. The van der Waals surface area contributed by atoms with Gasteiger partial charge in [0, 0.05) is 0 Å². The second-order valence-electron chi connectivity index (χ2n) is 6.05. The molecule has 0 atom stereocenters. The van der Waals surface area contributed by atoms with Crippen LogP contribution >= 0.6 is 0 Å². The molecular formula is C22H22Cl2Zr. The van der Waals surface area contributed by atoms with E-state index in [1.165, 1.54) is 59.1 Å². The molecule has 0 aliphatic heterocycles. The monoisotopic (exact) mass is 446 g/mol. The number of hydrogen-bond acceptors (Lipinski definition) is 0. The molecule has 128 valence electrons. The van der Waals surface area contributed by atoms with Gasteiger partial charge in [-0.05, 0) is 12.8 Å². The van der Waals surface area contributed by atoms with Crippen molar-refractivity contribution in [2.75, 3.05) is 0 Å². The maximum atomic E-state index is 3.33. The van der Waals surface area contributed by atoms with Gasteiger partial charge in [-0.15, -0.1) is 47.6 Å². The Morgan fingerprint density at radius 1 is 0.720 bits per heavy atom. The molecule has 0 bridgehead atoms. The normalized spacial score (nSPS) is 19.1. The minimum Gasteiger partial charge on any atom is -1.00 e. The SMILES string of the molecule is CC1=[C-]C2=CC=CCCC2=C1.CC1=[C-]C2=CC=CCCC2=C1.[Cl-].[Cl-].[Zr+4]. The topological polar surface area (TPSA) is 0 Å². The molecule has 0 radical (unpaired) electrons. The molecule has 0 heterocycles. The number of fused-ring (bicyclic) bond motifs is 2. The molecule has 3 heteroatoms. The van der Waals surface area contributed by atoms with Crippen molar-refractivity contribution in [2.45, 2.75) is 39.5 Å². The van der Waals surface area contributed by atoms with Crippen LogP contribution in [0.2, 0.25) is 0 Å². The summed E-state index contributed by atoms with van der Waals surface area (Å²) in [6, 6.07) is 0. The van der Waals surface area contributed by atoms with E-state index in [0.29, 0.717) is 0 Å². The van der Waals surface area contributed by atoms with Gasteiger partial charge in [-0.25, -0.2) is 0 Å². The summed E-state index contributed by atoms with van der Waals surface area (Å²) >= 11 is 0. The molecule has 0 saturated carbocycles. The Bertz CT molecular complexity index is 648. The third-order valence-electron chi connectivity index (χ3n) is 4.10. The third-order valence-corrected chi connectivity index (χ3v) is 4.10. The van der Waals surface area contributed by atoms with Crippen molar-refractivity contribution in [3.05, 3.63) is 94.2 Å². The van der Waals surface area contributed by atoms with E-state index >= 15 is 0 Å². The molecule has 0 aromatic heterocycles. The quantitative estimate of drug-likeness (QED) is 0.455. The Hall–Kier alpha value is -0.617. The van der Waals surface area contributed by atoms with Gasteiger partial charge in [0.15, 0.2) is 0 Å². The second kappa shape index (κ2) is 11.9. The fraction of sp³-hybridized carbons (Fsp3) is 0.273. The van der Waals surface area contributed by atoms with E-state index in [1.54, 1.807) is 0 Å². The van der Waals surface area contributed by atoms with Crippen molar-refractivity contribution < 1.29 is 51.0 Å². The Kier molecular flexibility index (Phi) is 11.6. The second-order valence-corrected chi connectivity index (χ2v) is 6.05. The first-order valence-corrected chi connectivity index (χ1v) is 8.09. The molecule has 0 unspecified atom stereocenters. The number of hydrogen-bond donors (Lipinski definition) is 0. The first-order valence-electron chi connectivity index (χ1n) is 8.09. The summed E-state index contributed by atoms with van der Waals surface area (Å²) in [5.74, 6) is 0. The van der Waals surface area contributed by atoms with Gasteiger partial charge in [-0.2, -0.15) is 34.4 Å². The van der Waals surface area contributed by atoms with E-state index in [0.717, 1.165) is 0 Å². The summed E-state index contributed by atoms with van der Waals surface area (Å²) in [5.41, 5.74) is 8.01. The van der Waals surface area contributed by atoms with Crippen molar-refractivity contribution in [1.29, 1.82) is 0 Å². The average molecular weight is 449 g/mol. The summed E-state index contributed by atoms with van der Waals surface area (Å²) in [4.78, 5) is 0. The summed E-state index contributed by atoms with van der Waals surface area (Å²) in [6.07, 6.45) is 28.8. The fourth-order valence-electron chi connectivity index (χ4n) is 3.05. The molecule has 0 N–H and O–H groups in total. The van der Waals surface area contributed by atoms with Gasteiger partial charge in [0.25, 0.3) is 0 Å². The number of halogens is 2. The van der Waals surface area contributed by atoms with Crippen molar-refractivity contribution in [1.82, 2.24) is 0 Å². The molecule has 4 rings (SSSR count). The van der Waals surface area contributed by atoms with Crippen LogP contribution in [-0.4, -0.2) is 0 Å². The predicted octanol–water partition coefficient (Wildman–Crippen LogP) is -0.0899. The van der Waals surface area contributed by atoms with Crippen molar-refractivity contribution >= 4 is 0 Å². The van der Waals surface area contributed by atoms with Crippen LogP contribution in [0.5, 0.6) is 0 Å². The van der Waals surface area contributed by atoms with E-state index in [2.05, 4.69) is 74.6 Å². The van der Waals surface area contributed by atoms with Crippen LogP contribution in [0.15, 0.2) is 82.0 Å². The van der Waals surface area contributed by atoms with Gasteiger partial charge >= 0.3 is 26.2 Å². The van der Waals surface area contributed by atoms with Crippen LogP contribution in [0.1, 0.15) is 39.5 Å². The molecule has 0 amide bonds. The van der Waals surface area contributed by atoms with Crippen molar-refractivity contribution in [3.8, 4) is 0 Å². The smallest absolute Gasteiger partial charge is 1.00 e. The predicted molar refractivity (Wildman–Crippen MR) is 93.9 cm³/mol. The van der Waals surface area contributed by atoms with E-state index in [9.17, 15) is 0 Å². The van der Waals surface area contributed by atoms with E-state index in [4.69, 9.17) is 0 Å². The molecule has 0 spiro atoms. The van der Waals surface area contributed by atoms with Crippen LogP contribution < -0.4 is 24.8 Å². The van der Waals surface area contributed by atoms with Gasteiger partial charge in [-0.3, -0.25) is 0 Å². The molecule has 4 aliphatic carbocycles.